The Kier molecular flexibility index (Phi) is 7.27. The number of cyclic esters (lactones) is 1. The minimum Gasteiger partial charge on any atom is -0.504 e. The van der Waals surface area contributed by atoms with Crippen molar-refractivity contribution < 1.29 is 48.7 Å². The number of thioether (sulfide) groups is 1. The summed E-state index contributed by atoms with van der Waals surface area (Å²) in [7, 11) is 4.74. The standard InChI is InChI=1S/C30H34N2O10S/c1-11-7-14-8-15-29(37)32-16-9-41-30(38)17(34)10-43-28(22(32)21(31(15)4)18(14)23(35)25(11)39-5)20-19(16)24(36)27(40-6)12(2)26(20)42-13(3)33/h7,15-16,21-22,28-29,35-37H,8-10H2,1-6H3/t15-,16-,21+,22?,28+,29-/m0/s1. The van der Waals surface area contributed by atoms with Gasteiger partial charge in [0.05, 0.1) is 43.3 Å². The number of benzene rings is 2. The third-order valence-corrected chi connectivity index (χ3v) is 10.5. The number of rotatable bonds is 3. The Morgan fingerprint density at radius 2 is 1.72 bits per heavy atom. The van der Waals surface area contributed by atoms with Crippen molar-refractivity contribution in [1.82, 2.24) is 9.80 Å². The van der Waals surface area contributed by atoms with Crippen molar-refractivity contribution in [3.05, 3.63) is 39.4 Å². The predicted octanol–water partition coefficient (Wildman–Crippen LogP) is 2.21. The van der Waals surface area contributed by atoms with Crippen molar-refractivity contribution in [3.8, 4) is 28.7 Å². The van der Waals surface area contributed by atoms with Gasteiger partial charge >= 0.3 is 11.9 Å². The maximum atomic E-state index is 12.8. The second kappa shape index (κ2) is 10.6. The van der Waals surface area contributed by atoms with Gasteiger partial charge < -0.3 is 34.3 Å². The van der Waals surface area contributed by atoms with E-state index in [0.717, 1.165) is 22.9 Å². The van der Waals surface area contributed by atoms with Crippen LogP contribution in [0.2, 0.25) is 0 Å². The van der Waals surface area contributed by atoms with Gasteiger partial charge in [0.15, 0.2) is 23.0 Å². The molecule has 0 amide bonds. The molecule has 0 spiro atoms. The van der Waals surface area contributed by atoms with E-state index in [1.54, 1.807) is 11.8 Å². The molecule has 4 heterocycles. The molecular weight excluding hydrogens is 580 g/mol. The van der Waals surface area contributed by atoms with Gasteiger partial charge in [0.1, 0.15) is 18.6 Å². The van der Waals surface area contributed by atoms with Crippen LogP contribution in [-0.4, -0.2) is 94.8 Å². The molecule has 4 aliphatic rings. The molecule has 6 atom stereocenters. The third-order valence-electron chi connectivity index (χ3n) is 9.19. The molecule has 2 aromatic rings. The summed E-state index contributed by atoms with van der Waals surface area (Å²) in [6, 6.07) is -0.625. The summed E-state index contributed by atoms with van der Waals surface area (Å²) in [6.45, 7) is 4.39. The fourth-order valence-electron chi connectivity index (χ4n) is 7.51. The van der Waals surface area contributed by atoms with E-state index in [9.17, 15) is 29.7 Å². The lowest BCUT2D eigenvalue weighted by Crippen LogP contribution is -2.69. The molecule has 230 valence electrons. The molecule has 2 aromatic carbocycles. The zero-order valence-corrected chi connectivity index (χ0v) is 25.5. The number of carbonyl (C=O) groups excluding carboxylic acids is 3. The fourth-order valence-corrected chi connectivity index (χ4v) is 8.85. The van der Waals surface area contributed by atoms with Crippen LogP contribution in [0, 0.1) is 13.8 Å². The van der Waals surface area contributed by atoms with Crippen molar-refractivity contribution in [3.63, 3.8) is 0 Å². The summed E-state index contributed by atoms with van der Waals surface area (Å²) in [5.74, 6) is -2.28. The number of ketones is 1. The largest absolute Gasteiger partial charge is 0.504 e. The highest BCUT2D eigenvalue weighted by atomic mass is 32.2. The molecule has 0 saturated carbocycles. The summed E-state index contributed by atoms with van der Waals surface area (Å²) >= 11 is 1.13. The number of phenolic OH excluding ortho intramolecular Hbond substituents is 2. The molecule has 6 rings (SSSR count). The van der Waals surface area contributed by atoms with Crippen LogP contribution < -0.4 is 14.2 Å². The van der Waals surface area contributed by atoms with Gasteiger partial charge in [-0.2, -0.15) is 0 Å². The van der Waals surface area contributed by atoms with Gasteiger partial charge in [-0.05, 0) is 38.4 Å². The molecule has 2 saturated heterocycles. The number of piperazine rings is 1. The van der Waals surface area contributed by atoms with Crippen LogP contribution in [0.1, 0.15) is 57.6 Å². The van der Waals surface area contributed by atoms with Crippen LogP contribution in [-0.2, 0) is 25.5 Å². The lowest BCUT2D eigenvalue weighted by Gasteiger charge is -2.61. The van der Waals surface area contributed by atoms with Crippen LogP contribution in [0.4, 0.5) is 0 Å². The average Bonchev–Trinajstić information content (AvgIpc) is 2.95. The lowest BCUT2D eigenvalue weighted by molar-refractivity contribution is -0.184. The quantitative estimate of drug-likeness (QED) is 0.263. The van der Waals surface area contributed by atoms with Crippen molar-refractivity contribution in [1.29, 1.82) is 0 Å². The number of hydrogen-bond donors (Lipinski definition) is 3. The molecule has 43 heavy (non-hydrogen) atoms. The van der Waals surface area contributed by atoms with Crippen LogP contribution in [0.15, 0.2) is 6.07 Å². The van der Waals surface area contributed by atoms with Crippen LogP contribution in [0.25, 0.3) is 0 Å². The second-order valence-corrected chi connectivity index (χ2v) is 12.5. The number of carbonyl (C=O) groups is 3. The van der Waals surface area contributed by atoms with Gasteiger partial charge in [-0.1, -0.05) is 6.07 Å². The second-order valence-electron chi connectivity index (χ2n) is 11.4. The van der Waals surface area contributed by atoms with Gasteiger partial charge in [-0.15, -0.1) is 11.8 Å². The Labute approximate surface area is 252 Å². The summed E-state index contributed by atoms with van der Waals surface area (Å²) < 4.78 is 22.4. The topological polar surface area (TPSA) is 155 Å². The number of esters is 2. The summed E-state index contributed by atoms with van der Waals surface area (Å²) in [6.07, 6.45) is -0.703. The molecule has 0 radical (unpaired) electrons. The normalized spacial score (nSPS) is 28.3. The molecule has 0 aromatic heterocycles. The Morgan fingerprint density at radius 1 is 1.05 bits per heavy atom. The van der Waals surface area contributed by atoms with Crippen molar-refractivity contribution in [2.45, 2.75) is 62.8 Å². The number of aromatic hydroxyl groups is 2. The van der Waals surface area contributed by atoms with Gasteiger partial charge in [0, 0.05) is 35.2 Å². The minimum absolute atomic E-state index is 0.0150. The first-order valence-electron chi connectivity index (χ1n) is 13.9. The van der Waals surface area contributed by atoms with Gasteiger partial charge in [-0.25, -0.2) is 4.79 Å². The Balaban J connectivity index is 1.70. The molecule has 3 N–H and O–H groups in total. The number of aryl methyl sites for hydroxylation is 1. The first-order chi connectivity index (χ1) is 20.4. The third kappa shape index (κ3) is 4.20. The maximum Gasteiger partial charge on any atom is 0.375 e. The van der Waals surface area contributed by atoms with E-state index in [4.69, 9.17) is 18.9 Å². The van der Waals surface area contributed by atoms with Crippen molar-refractivity contribution in [2.75, 3.05) is 33.6 Å². The van der Waals surface area contributed by atoms with E-state index in [-0.39, 0.29) is 40.9 Å². The number of ether oxygens (including phenoxy) is 4. The number of Topliss-reactive ketones (excluding diaryl/α,β-unsaturated/α-hetero) is 1. The number of phenols is 2. The minimum atomic E-state index is -1.11. The highest BCUT2D eigenvalue weighted by molar-refractivity contribution is 8.00. The molecule has 2 fully saturated rings. The number of nitrogens with zero attached hydrogens (tertiary/aromatic N) is 2. The number of fused-ring (bicyclic) bond motifs is 7. The smallest absolute Gasteiger partial charge is 0.375 e. The van der Waals surface area contributed by atoms with Crippen LogP contribution in [0.3, 0.4) is 0 Å². The highest BCUT2D eigenvalue weighted by Gasteiger charge is 2.60. The van der Waals surface area contributed by atoms with Gasteiger partial charge in [0.25, 0.3) is 0 Å². The number of aliphatic hydroxyl groups excluding tert-OH is 1. The molecule has 1 unspecified atom stereocenters. The summed E-state index contributed by atoms with van der Waals surface area (Å²) in [5, 5.41) is 34.6. The number of likely N-dealkylation sites (N-methyl/N-ethyl adjacent to an activating group) is 1. The fraction of sp³-hybridized carbons (Fsp3) is 0.500. The summed E-state index contributed by atoms with van der Waals surface area (Å²) in [4.78, 5) is 41.7. The summed E-state index contributed by atoms with van der Waals surface area (Å²) in [5.41, 5.74) is 3.33. The lowest BCUT2D eigenvalue weighted by atomic mass is 9.73. The van der Waals surface area contributed by atoms with Crippen molar-refractivity contribution in [2.24, 2.45) is 0 Å². The van der Waals surface area contributed by atoms with Crippen LogP contribution >= 0.6 is 11.8 Å². The number of hydrogen-bond acceptors (Lipinski definition) is 13. The number of methoxy groups -OCH3 is 2. The molecule has 4 aliphatic heterocycles. The zero-order chi connectivity index (χ0) is 31.1. The highest BCUT2D eigenvalue weighted by Crippen LogP contribution is 2.63. The van der Waals surface area contributed by atoms with E-state index in [1.807, 2.05) is 24.9 Å². The SMILES string of the molecule is COc1c(C)cc2c(c1O)[C@@H]1C3[C@@H]4SCC(=O)C(=O)OC[C@@H](c5c(O)c(OC)c(C)c(OC(C)=O)c54)N3[C@@H](O)[C@H](C2)N1C. The van der Waals surface area contributed by atoms with E-state index in [1.165, 1.54) is 21.1 Å². The Morgan fingerprint density at radius 3 is 2.37 bits per heavy atom. The monoisotopic (exact) mass is 614 g/mol. The van der Waals surface area contributed by atoms with E-state index >= 15 is 0 Å². The molecule has 13 heteroatoms. The average molecular weight is 615 g/mol. The van der Waals surface area contributed by atoms with E-state index in [0.29, 0.717) is 28.9 Å². The molecular formula is C30H34N2O10S. The first-order valence-corrected chi connectivity index (χ1v) is 15.0. The molecule has 12 nitrogen and oxygen atoms in total. The van der Waals surface area contributed by atoms with Crippen LogP contribution in [0.5, 0.6) is 28.7 Å². The molecule has 0 aliphatic carbocycles. The predicted molar refractivity (Wildman–Crippen MR) is 154 cm³/mol. The number of aliphatic hydroxyl groups is 1. The Hall–Kier alpha value is -3.52. The van der Waals surface area contributed by atoms with Gasteiger partial charge in [-0.3, -0.25) is 19.4 Å². The Bertz CT molecular complexity index is 1560. The van der Waals surface area contributed by atoms with E-state index in [2.05, 4.69) is 0 Å². The van der Waals surface area contributed by atoms with E-state index < -0.39 is 53.4 Å². The maximum absolute atomic E-state index is 12.8. The molecule has 4 bridgehead atoms. The van der Waals surface area contributed by atoms with Gasteiger partial charge in [0.2, 0.25) is 5.78 Å². The zero-order valence-electron chi connectivity index (χ0n) is 24.7. The first kappa shape index (κ1) is 29.5. The van der Waals surface area contributed by atoms with Crippen molar-refractivity contribution >= 4 is 29.5 Å².